The molecule has 3 heteroatoms. The number of benzene rings is 1. The standard InChI is InChI=1S/C15H25NO2/c1-11(2)8-16-9-14(17)10-18-15-7-12(3)5-6-13(15)4/h5-7,11,14,16-17H,8-10H2,1-4H3. The summed E-state index contributed by atoms with van der Waals surface area (Å²) in [5, 5.41) is 13.0. The Balaban J connectivity index is 2.33. The molecule has 102 valence electrons. The van der Waals surface area contributed by atoms with Crippen LogP contribution in [-0.4, -0.2) is 30.9 Å². The number of aliphatic hydroxyl groups is 1. The summed E-state index contributed by atoms with van der Waals surface area (Å²) in [5.41, 5.74) is 2.27. The maximum absolute atomic E-state index is 9.80. The number of ether oxygens (including phenoxy) is 1. The van der Waals surface area contributed by atoms with Gasteiger partial charge in [-0.25, -0.2) is 0 Å². The molecule has 1 aromatic rings. The minimum atomic E-state index is -0.469. The molecule has 0 heterocycles. The van der Waals surface area contributed by atoms with Crippen LogP contribution in [0.25, 0.3) is 0 Å². The molecule has 0 aliphatic rings. The van der Waals surface area contributed by atoms with E-state index in [1.165, 1.54) is 5.56 Å². The van der Waals surface area contributed by atoms with E-state index in [2.05, 4.69) is 25.2 Å². The molecule has 0 amide bonds. The van der Waals surface area contributed by atoms with Crippen LogP contribution in [0.15, 0.2) is 18.2 Å². The lowest BCUT2D eigenvalue weighted by molar-refractivity contribution is 0.105. The molecule has 0 spiro atoms. The lowest BCUT2D eigenvalue weighted by atomic mass is 10.1. The van der Waals surface area contributed by atoms with Gasteiger partial charge < -0.3 is 15.2 Å². The summed E-state index contributed by atoms with van der Waals surface area (Å²) in [4.78, 5) is 0. The van der Waals surface area contributed by atoms with Crippen LogP contribution in [0.3, 0.4) is 0 Å². The van der Waals surface area contributed by atoms with E-state index in [-0.39, 0.29) is 0 Å². The Labute approximate surface area is 110 Å². The maximum atomic E-state index is 9.80. The number of aryl methyl sites for hydroxylation is 2. The topological polar surface area (TPSA) is 41.5 Å². The summed E-state index contributed by atoms with van der Waals surface area (Å²) < 4.78 is 5.65. The van der Waals surface area contributed by atoms with Gasteiger partial charge in [0.15, 0.2) is 0 Å². The minimum Gasteiger partial charge on any atom is -0.491 e. The first-order valence-electron chi connectivity index (χ1n) is 6.58. The van der Waals surface area contributed by atoms with Gasteiger partial charge in [0.05, 0.1) is 0 Å². The summed E-state index contributed by atoms with van der Waals surface area (Å²) in [6.07, 6.45) is -0.469. The van der Waals surface area contributed by atoms with Crippen LogP contribution in [-0.2, 0) is 0 Å². The van der Waals surface area contributed by atoms with Crippen LogP contribution < -0.4 is 10.1 Å². The maximum Gasteiger partial charge on any atom is 0.122 e. The summed E-state index contributed by atoms with van der Waals surface area (Å²) in [6, 6.07) is 6.10. The second-order valence-corrected chi connectivity index (χ2v) is 5.29. The van der Waals surface area contributed by atoms with Crippen LogP contribution in [0.1, 0.15) is 25.0 Å². The fraction of sp³-hybridized carbons (Fsp3) is 0.600. The van der Waals surface area contributed by atoms with Gasteiger partial charge in [0.2, 0.25) is 0 Å². The lowest BCUT2D eigenvalue weighted by Crippen LogP contribution is -2.33. The molecule has 1 unspecified atom stereocenters. The van der Waals surface area contributed by atoms with Crippen LogP contribution >= 0.6 is 0 Å². The largest absolute Gasteiger partial charge is 0.491 e. The summed E-state index contributed by atoms with van der Waals surface area (Å²) in [5.74, 6) is 1.45. The van der Waals surface area contributed by atoms with Crippen molar-refractivity contribution >= 4 is 0 Å². The lowest BCUT2D eigenvalue weighted by Gasteiger charge is -2.15. The van der Waals surface area contributed by atoms with Crippen molar-refractivity contribution < 1.29 is 9.84 Å². The Morgan fingerprint density at radius 2 is 1.94 bits per heavy atom. The number of nitrogens with one attached hydrogen (secondary N) is 1. The van der Waals surface area contributed by atoms with Gasteiger partial charge in [0.1, 0.15) is 18.5 Å². The molecule has 1 rings (SSSR count). The summed E-state index contributed by atoms with van der Waals surface area (Å²) in [7, 11) is 0. The van der Waals surface area contributed by atoms with Gasteiger partial charge in [-0.2, -0.15) is 0 Å². The average Bonchev–Trinajstić information content (AvgIpc) is 2.30. The van der Waals surface area contributed by atoms with E-state index in [9.17, 15) is 5.11 Å². The predicted molar refractivity (Wildman–Crippen MR) is 75.1 cm³/mol. The third kappa shape index (κ3) is 5.52. The van der Waals surface area contributed by atoms with E-state index in [0.29, 0.717) is 19.1 Å². The number of hydrogen-bond acceptors (Lipinski definition) is 3. The van der Waals surface area contributed by atoms with Crippen molar-refractivity contribution in [1.82, 2.24) is 5.32 Å². The number of rotatable bonds is 7. The molecule has 0 radical (unpaired) electrons. The monoisotopic (exact) mass is 251 g/mol. The number of hydrogen-bond donors (Lipinski definition) is 2. The van der Waals surface area contributed by atoms with Crippen LogP contribution in [0.5, 0.6) is 5.75 Å². The van der Waals surface area contributed by atoms with Crippen molar-refractivity contribution in [2.45, 2.75) is 33.8 Å². The molecule has 3 nitrogen and oxygen atoms in total. The van der Waals surface area contributed by atoms with Crippen molar-refractivity contribution in [1.29, 1.82) is 0 Å². The quantitative estimate of drug-likeness (QED) is 0.781. The Hall–Kier alpha value is -1.06. The molecule has 0 aliphatic heterocycles. The first-order chi connectivity index (χ1) is 8.49. The van der Waals surface area contributed by atoms with Crippen molar-refractivity contribution in [3.8, 4) is 5.75 Å². The van der Waals surface area contributed by atoms with Gasteiger partial charge >= 0.3 is 0 Å². The fourth-order valence-corrected chi connectivity index (χ4v) is 1.65. The predicted octanol–water partition coefficient (Wildman–Crippen LogP) is 2.29. The molecule has 0 aromatic heterocycles. The molecular weight excluding hydrogens is 226 g/mol. The van der Waals surface area contributed by atoms with Crippen molar-refractivity contribution in [3.05, 3.63) is 29.3 Å². The first kappa shape index (κ1) is 15.0. The van der Waals surface area contributed by atoms with Gasteiger partial charge in [0.25, 0.3) is 0 Å². The van der Waals surface area contributed by atoms with Gasteiger partial charge in [-0.1, -0.05) is 26.0 Å². The van der Waals surface area contributed by atoms with E-state index in [0.717, 1.165) is 17.9 Å². The Bertz CT molecular complexity index is 364. The molecule has 0 saturated carbocycles. The SMILES string of the molecule is Cc1ccc(C)c(OCC(O)CNCC(C)C)c1. The zero-order chi connectivity index (χ0) is 13.5. The van der Waals surface area contributed by atoms with E-state index in [4.69, 9.17) is 4.74 Å². The van der Waals surface area contributed by atoms with Gasteiger partial charge in [-0.3, -0.25) is 0 Å². The first-order valence-corrected chi connectivity index (χ1v) is 6.58. The van der Waals surface area contributed by atoms with E-state index in [1.54, 1.807) is 0 Å². The highest BCUT2D eigenvalue weighted by Gasteiger charge is 2.07. The minimum absolute atomic E-state index is 0.329. The second-order valence-electron chi connectivity index (χ2n) is 5.29. The Kier molecular flexibility index (Phi) is 6.16. The molecule has 0 saturated heterocycles. The molecule has 0 bridgehead atoms. The average molecular weight is 251 g/mol. The normalized spacial score (nSPS) is 12.8. The van der Waals surface area contributed by atoms with E-state index in [1.807, 2.05) is 26.0 Å². The van der Waals surface area contributed by atoms with Gasteiger partial charge in [-0.05, 0) is 43.5 Å². The zero-order valence-corrected chi connectivity index (χ0v) is 11.9. The van der Waals surface area contributed by atoms with Gasteiger partial charge in [-0.15, -0.1) is 0 Å². The van der Waals surface area contributed by atoms with Crippen molar-refractivity contribution in [2.24, 2.45) is 5.92 Å². The third-order valence-corrected chi connectivity index (χ3v) is 2.71. The Morgan fingerprint density at radius 3 is 2.61 bits per heavy atom. The second kappa shape index (κ2) is 7.39. The highest BCUT2D eigenvalue weighted by Crippen LogP contribution is 2.19. The smallest absolute Gasteiger partial charge is 0.122 e. The van der Waals surface area contributed by atoms with Crippen molar-refractivity contribution in [2.75, 3.05) is 19.7 Å². The van der Waals surface area contributed by atoms with Crippen molar-refractivity contribution in [3.63, 3.8) is 0 Å². The molecular formula is C15H25NO2. The summed E-state index contributed by atoms with van der Waals surface area (Å²) in [6.45, 7) is 10.2. The molecule has 18 heavy (non-hydrogen) atoms. The molecule has 1 aromatic carbocycles. The molecule has 2 N–H and O–H groups in total. The molecule has 0 fully saturated rings. The van der Waals surface area contributed by atoms with Crippen LogP contribution in [0.4, 0.5) is 0 Å². The van der Waals surface area contributed by atoms with Crippen LogP contribution in [0, 0.1) is 19.8 Å². The van der Waals surface area contributed by atoms with Gasteiger partial charge in [0, 0.05) is 6.54 Å². The third-order valence-electron chi connectivity index (χ3n) is 2.71. The molecule has 1 atom stereocenters. The fourth-order valence-electron chi connectivity index (χ4n) is 1.65. The zero-order valence-electron chi connectivity index (χ0n) is 11.9. The van der Waals surface area contributed by atoms with Crippen LogP contribution in [0.2, 0.25) is 0 Å². The molecule has 0 aliphatic carbocycles. The highest BCUT2D eigenvalue weighted by atomic mass is 16.5. The highest BCUT2D eigenvalue weighted by molar-refractivity contribution is 5.35. The van der Waals surface area contributed by atoms with E-state index < -0.39 is 6.10 Å². The van der Waals surface area contributed by atoms with E-state index >= 15 is 0 Å². The Morgan fingerprint density at radius 1 is 1.22 bits per heavy atom. The summed E-state index contributed by atoms with van der Waals surface area (Å²) >= 11 is 0. The number of aliphatic hydroxyl groups excluding tert-OH is 1.